The number of rotatable bonds is 6. The molecule has 0 radical (unpaired) electrons. The minimum Gasteiger partial charge on any atom is -0.355 e. The second-order valence-corrected chi connectivity index (χ2v) is 9.67. The molecule has 3 atom stereocenters. The second kappa shape index (κ2) is 8.89. The van der Waals surface area contributed by atoms with Crippen molar-refractivity contribution in [2.24, 2.45) is 11.0 Å². The normalized spacial score (nSPS) is 24.6. The summed E-state index contributed by atoms with van der Waals surface area (Å²) in [5, 5.41) is 10.5. The zero-order valence-corrected chi connectivity index (χ0v) is 19.0. The minimum absolute atomic E-state index is 0.0618. The highest BCUT2D eigenvalue weighted by molar-refractivity contribution is 8.14. The summed E-state index contributed by atoms with van der Waals surface area (Å²) in [5.41, 5.74) is 10.9. The fourth-order valence-electron chi connectivity index (χ4n) is 4.03. The van der Waals surface area contributed by atoms with Gasteiger partial charge < -0.3 is 15.2 Å². The average Bonchev–Trinajstić information content (AvgIpc) is 3.31. The van der Waals surface area contributed by atoms with E-state index in [2.05, 4.69) is 83.3 Å². The summed E-state index contributed by atoms with van der Waals surface area (Å²) in [7, 11) is 0. The Balaban J connectivity index is 1.32. The lowest BCUT2D eigenvalue weighted by atomic mass is 9.97. The van der Waals surface area contributed by atoms with Crippen molar-refractivity contribution in [2.75, 3.05) is 12.3 Å². The maximum absolute atomic E-state index is 12.1. The van der Waals surface area contributed by atoms with Gasteiger partial charge in [-0.3, -0.25) is 10.2 Å². The molecule has 0 aromatic heterocycles. The molecule has 1 aromatic carbocycles. The smallest absolute Gasteiger partial charge is 0.230 e. The Morgan fingerprint density at radius 1 is 1.30 bits per heavy atom. The Morgan fingerprint density at radius 3 is 2.90 bits per heavy atom. The van der Waals surface area contributed by atoms with Gasteiger partial charge in [-0.1, -0.05) is 43.8 Å². The molecule has 30 heavy (non-hydrogen) atoms. The van der Waals surface area contributed by atoms with Crippen LogP contribution in [-0.4, -0.2) is 45.5 Å². The number of carbonyl (C=O) groups is 1. The van der Waals surface area contributed by atoms with E-state index in [-0.39, 0.29) is 24.2 Å². The molecule has 3 aliphatic heterocycles. The number of hydrogen-bond acceptors (Lipinski definition) is 7. The maximum atomic E-state index is 12.1. The number of amides is 1. The van der Waals surface area contributed by atoms with E-state index in [1.807, 2.05) is 6.20 Å². The zero-order valence-electron chi connectivity index (χ0n) is 18.2. The van der Waals surface area contributed by atoms with Crippen LogP contribution in [0.5, 0.6) is 0 Å². The molecule has 3 unspecified atom stereocenters. The van der Waals surface area contributed by atoms with E-state index in [9.17, 15) is 4.79 Å². The predicted octanol–water partition coefficient (Wildman–Crippen LogP) is 2.81. The third kappa shape index (κ3) is 4.44. The fourth-order valence-corrected chi connectivity index (χ4v) is 4.83. The lowest BCUT2D eigenvalue weighted by molar-refractivity contribution is -0.118. The quantitative estimate of drug-likeness (QED) is 0.647. The van der Waals surface area contributed by atoms with Gasteiger partial charge in [-0.05, 0) is 49.3 Å². The summed E-state index contributed by atoms with van der Waals surface area (Å²) in [6.07, 6.45) is 6.19. The van der Waals surface area contributed by atoms with Crippen LogP contribution in [0.4, 0.5) is 0 Å². The van der Waals surface area contributed by atoms with E-state index in [1.165, 1.54) is 28.5 Å². The van der Waals surface area contributed by atoms with Crippen LogP contribution >= 0.6 is 11.8 Å². The summed E-state index contributed by atoms with van der Waals surface area (Å²) in [6.45, 7) is 9.37. The summed E-state index contributed by atoms with van der Waals surface area (Å²) in [4.78, 5) is 14.3. The lowest BCUT2D eigenvalue weighted by Crippen LogP contribution is -2.54. The summed E-state index contributed by atoms with van der Waals surface area (Å²) >= 11 is 1.48. The number of hydrogen-bond donors (Lipinski definition) is 3. The number of hydrazine groups is 1. The van der Waals surface area contributed by atoms with Gasteiger partial charge in [0.15, 0.2) is 5.17 Å². The zero-order chi connectivity index (χ0) is 21.3. The minimum atomic E-state index is 0.0618. The monoisotopic (exact) mass is 428 g/mol. The van der Waals surface area contributed by atoms with Crippen LogP contribution in [0.25, 0.3) is 0 Å². The van der Waals surface area contributed by atoms with Crippen molar-refractivity contribution in [3.05, 3.63) is 47.3 Å². The van der Waals surface area contributed by atoms with Gasteiger partial charge in [-0.15, -0.1) is 0 Å². The highest BCUT2D eigenvalue weighted by Crippen LogP contribution is 2.35. The highest BCUT2D eigenvalue weighted by Gasteiger charge is 2.44. The van der Waals surface area contributed by atoms with Gasteiger partial charge in [0, 0.05) is 18.9 Å². The van der Waals surface area contributed by atoms with Crippen molar-refractivity contribution in [1.29, 1.82) is 0 Å². The van der Waals surface area contributed by atoms with Gasteiger partial charge in [0.25, 0.3) is 0 Å². The fraction of sp³-hybridized carbons (Fsp3) is 0.545. The van der Waals surface area contributed by atoms with E-state index in [1.54, 1.807) is 0 Å². The number of aryl methyl sites for hydroxylation is 2. The standard InChI is InChI=1S/C22H32N6OS/c1-14(2)7-8-23-20(29)13-30-22-25-24-21-19-12-18(26-28(19)10-9-27(21)22)17-6-5-15(3)16(4)11-17/h5-6,9-11,14,18-19,21,24,26H,7-8,12-13H2,1-4H3,(H,23,29). The van der Waals surface area contributed by atoms with Crippen LogP contribution in [0.15, 0.2) is 35.7 Å². The van der Waals surface area contributed by atoms with Crippen molar-refractivity contribution < 1.29 is 4.79 Å². The molecule has 3 aliphatic rings. The second-order valence-electron chi connectivity index (χ2n) is 8.73. The molecule has 3 heterocycles. The van der Waals surface area contributed by atoms with E-state index in [4.69, 9.17) is 0 Å². The Hall–Kier alpha value is -2.19. The number of fused-ring (bicyclic) bond motifs is 3. The Morgan fingerprint density at radius 2 is 2.13 bits per heavy atom. The average molecular weight is 429 g/mol. The van der Waals surface area contributed by atoms with Crippen LogP contribution in [0.1, 0.15) is 49.4 Å². The molecule has 4 rings (SSSR count). The maximum Gasteiger partial charge on any atom is 0.230 e. The first-order chi connectivity index (χ1) is 14.4. The molecule has 3 N–H and O–H groups in total. The van der Waals surface area contributed by atoms with Gasteiger partial charge >= 0.3 is 0 Å². The topological polar surface area (TPSA) is 72.0 Å². The number of benzene rings is 1. The molecule has 162 valence electrons. The van der Waals surface area contributed by atoms with Gasteiger partial charge in [0.2, 0.25) is 5.91 Å². The number of amidine groups is 1. The first-order valence-corrected chi connectivity index (χ1v) is 11.7. The number of thioether (sulfide) groups is 1. The molecule has 0 saturated carbocycles. The summed E-state index contributed by atoms with van der Waals surface area (Å²) in [6, 6.07) is 7.25. The molecule has 0 aliphatic carbocycles. The molecule has 8 heteroatoms. The highest BCUT2D eigenvalue weighted by atomic mass is 32.2. The van der Waals surface area contributed by atoms with Crippen LogP contribution in [0.2, 0.25) is 0 Å². The van der Waals surface area contributed by atoms with Gasteiger partial charge in [0.1, 0.15) is 6.17 Å². The van der Waals surface area contributed by atoms with Crippen LogP contribution < -0.4 is 16.2 Å². The van der Waals surface area contributed by atoms with E-state index in [0.29, 0.717) is 11.7 Å². The van der Waals surface area contributed by atoms with E-state index >= 15 is 0 Å². The van der Waals surface area contributed by atoms with Crippen molar-refractivity contribution >= 4 is 22.8 Å². The van der Waals surface area contributed by atoms with Crippen molar-refractivity contribution in [2.45, 2.75) is 58.8 Å². The van der Waals surface area contributed by atoms with Gasteiger partial charge in [-0.2, -0.15) is 5.10 Å². The SMILES string of the molecule is Cc1ccc(C2CC3C4NN=C(SCC(=O)NCCC(C)C)N4C=CN3N2)cc1C. The van der Waals surface area contributed by atoms with Crippen LogP contribution in [-0.2, 0) is 4.79 Å². The number of nitrogens with one attached hydrogen (secondary N) is 3. The number of carbonyl (C=O) groups excluding carboxylic acids is 1. The Kier molecular flexibility index (Phi) is 6.24. The molecule has 0 bridgehead atoms. The lowest BCUT2D eigenvalue weighted by Gasteiger charge is -2.36. The van der Waals surface area contributed by atoms with E-state index in [0.717, 1.165) is 24.6 Å². The van der Waals surface area contributed by atoms with Gasteiger partial charge in [0.05, 0.1) is 17.8 Å². The Labute approximate surface area is 183 Å². The molecular weight excluding hydrogens is 396 g/mol. The molecular formula is C22H32N6OS. The van der Waals surface area contributed by atoms with Crippen molar-refractivity contribution in [3.8, 4) is 0 Å². The molecule has 1 saturated heterocycles. The molecule has 7 nitrogen and oxygen atoms in total. The third-order valence-electron chi connectivity index (χ3n) is 6.01. The molecule has 1 aromatic rings. The van der Waals surface area contributed by atoms with Crippen LogP contribution in [0.3, 0.4) is 0 Å². The number of hydrazone groups is 1. The van der Waals surface area contributed by atoms with Crippen molar-refractivity contribution in [3.63, 3.8) is 0 Å². The number of nitrogens with zero attached hydrogens (tertiary/aromatic N) is 3. The molecule has 0 spiro atoms. The van der Waals surface area contributed by atoms with E-state index < -0.39 is 0 Å². The molecule has 1 fully saturated rings. The van der Waals surface area contributed by atoms with Gasteiger partial charge in [-0.25, -0.2) is 5.43 Å². The van der Waals surface area contributed by atoms with Crippen LogP contribution in [0, 0.1) is 19.8 Å². The summed E-state index contributed by atoms with van der Waals surface area (Å²) in [5.74, 6) is 1.04. The summed E-state index contributed by atoms with van der Waals surface area (Å²) < 4.78 is 0. The largest absolute Gasteiger partial charge is 0.355 e. The predicted molar refractivity (Wildman–Crippen MR) is 122 cm³/mol. The first kappa shape index (κ1) is 21.1. The molecule has 1 amide bonds. The first-order valence-electron chi connectivity index (χ1n) is 10.7. The third-order valence-corrected chi connectivity index (χ3v) is 6.98. The Bertz CT molecular complexity index is 854. The van der Waals surface area contributed by atoms with Crippen molar-refractivity contribution in [1.82, 2.24) is 26.1 Å².